The fraction of sp³-hybridized carbons (Fsp3) is 0.533. The van der Waals surface area contributed by atoms with Crippen LogP contribution in [0.25, 0.3) is 0 Å². The van der Waals surface area contributed by atoms with Crippen molar-refractivity contribution >= 4 is 11.6 Å². The molecule has 1 unspecified atom stereocenters. The molecule has 0 spiro atoms. The summed E-state index contributed by atoms with van der Waals surface area (Å²) in [7, 11) is 0. The van der Waals surface area contributed by atoms with Crippen molar-refractivity contribution in [3.8, 4) is 0 Å². The van der Waals surface area contributed by atoms with Gasteiger partial charge >= 0.3 is 0 Å². The van der Waals surface area contributed by atoms with E-state index in [9.17, 15) is 4.79 Å². The maximum absolute atomic E-state index is 12.5. The van der Waals surface area contributed by atoms with Crippen LogP contribution in [0, 0.1) is 12.8 Å². The zero-order chi connectivity index (χ0) is 13.8. The molecule has 1 aliphatic rings. The average molecular weight is 262 g/mol. The molecule has 0 saturated carbocycles. The highest BCUT2D eigenvalue weighted by Crippen LogP contribution is 2.24. The van der Waals surface area contributed by atoms with Gasteiger partial charge in [0.05, 0.1) is 5.56 Å². The van der Waals surface area contributed by atoms with Gasteiger partial charge in [-0.3, -0.25) is 4.79 Å². The minimum atomic E-state index is 0.0174. The number of rotatable bonds is 3. The van der Waals surface area contributed by atoms with Crippen LogP contribution in [0.1, 0.15) is 35.2 Å². The second-order valence-electron chi connectivity index (χ2n) is 5.31. The van der Waals surface area contributed by atoms with Crippen LogP contribution < -0.4 is 5.73 Å². The predicted molar refractivity (Wildman–Crippen MR) is 75.9 cm³/mol. The molecule has 0 aliphatic carbocycles. The quantitative estimate of drug-likeness (QED) is 0.816. The molecule has 1 heterocycles. The third-order valence-electron chi connectivity index (χ3n) is 3.90. The van der Waals surface area contributed by atoms with Gasteiger partial charge < -0.3 is 15.7 Å². The van der Waals surface area contributed by atoms with Crippen molar-refractivity contribution in [1.29, 1.82) is 0 Å². The Morgan fingerprint density at radius 1 is 1.53 bits per heavy atom. The number of para-hydroxylation sites is 1. The van der Waals surface area contributed by atoms with Gasteiger partial charge in [0.1, 0.15) is 0 Å². The van der Waals surface area contributed by atoms with Crippen LogP contribution in [0.3, 0.4) is 0 Å². The van der Waals surface area contributed by atoms with Crippen LogP contribution in [0.15, 0.2) is 18.2 Å². The summed E-state index contributed by atoms with van der Waals surface area (Å²) >= 11 is 0. The number of aliphatic hydroxyl groups excluding tert-OH is 1. The summed E-state index contributed by atoms with van der Waals surface area (Å²) in [6, 6.07) is 5.57. The minimum absolute atomic E-state index is 0.0174. The molecule has 3 N–H and O–H groups in total. The van der Waals surface area contributed by atoms with Crippen molar-refractivity contribution in [2.24, 2.45) is 5.92 Å². The molecule has 1 aromatic rings. The van der Waals surface area contributed by atoms with Gasteiger partial charge in [0.2, 0.25) is 0 Å². The lowest BCUT2D eigenvalue weighted by molar-refractivity contribution is 0.0654. The normalized spacial score (nSPS) is 19.5. The largest absolute Gasteiger partial charge is 0.398 e. The van der Waals surface area contributed by atoms with Crippen LogP contribution >= 0.6 is 0 Å². The number of hydrogen-bond acceptors (Lipinski definition) is 3. The van der Waals surface area contributed by atoms with Crippen molar-refractivity contribution < 1.29 is 9.90 Å². The third-order valence-corrected chi connectivity index (χ3v) is 3.90. The highest BCUT2D eigenvalue weighted by Gasteiger charge is 2.25. The number of hydrogen-bond donors (Lipinski definition) is 2. The van der Waals surface area contributed by atoms with Gasteiger partial charge in [-0.25, -0.2) is 0 Å². The first-order valence-corrected chi connectivity index (χ1v) is 6.88. The molecule has 1 amide bonds. The van der Waals surface area contributed by atoms with Crippen molar-refractivity contribution in [2.75, 3.05) is 25.4 Å². The molecule has 1 saturated heterocycles. The number of anilines is 1. The first-order chi connectivity index (χ1) is 9.13. The Morgan fingerprint density at radius 3 is 3.05 bits per heavy atom. The predicted octanol–water partition coefficient (Wildman–Crippen LogP) is 1.81. The summed E-state index contributed by atoms with van der Waals surface area (Å²) in [5.74, 6) is 0.428. The first-order valence-electron chi connectivity index (χ1n) is 6.88. The zero-order valence-electron chi connectivity index (χ0n) is 11.4. The lowest BCUT2D eigenvalue weighted by Crippen LogP contribution is -2.40. The van der Waals surface area contributed by atoms with E-state index in [0.29, 0.717) is 17.2 Å². The molecular formula is C15H22N2O2. The molecule has 1 aliphatic heterocycles. The molecule has 0 aromatic heterocycles. The summed E-state index contributed by atoms with van der Waals surface area (Å²) in [5, 5.41) is 9.02. The minimum Gasteiger partial charge on any atom is -0.398 e. The molecule has 4 nitrogen and oxygen atoms in total. The number of aliphatic hydroxyl groups is 1. The van der Waals surface area contributed by atoms with Gasteiger partial charge in [-0.2, -0.15) is 0 Å². The Kier molecular flexibility index (Phi) is 4.43. The molecule has 19 heavy (non-hydrogen) atoms. The van der Waals surface area contributed by atoms with Crippen LogP contribution in [0.2, 0.25) is 0 Å². The van der Waals surface area contributed by atoms with Crippen LogP contribution in [0.5, 0.6) is 0 Å². The van der Waals surface area contributed by atoms with E-state index in [1.165, 1.54) is 0 Å². The van der Waals surface area contributed by atoms with Crippen molar-refractivity contribution in [1.82, 2.24) is 4.90 Å². The van der Waals surface area contributed by atoms with E-state index in [2.05, 4.69) is 0 Å². The van der Waals surface area contributed by atoms with Gasteiger partial charge in [-0.1, -0.05) is 12.1 Å². The lowest BCUT2D eigenvalue weighted by atomic mass is 9.94. The SMILES string of the molecule is Cc1cccc(C(=O)N2CCCC(CCO)C2)c1N. The monoisotopic (exact) mass is 262 g/mol. The summed E-state index contributed by atoms with van der Waals surface area (Å²) < 4.78 is 0. The summed E-state index contributed by atoms with van der Waals surface area (Å²) in [5.41, 5.74) is 8.12. The van der Waals surface area contributed by atoms with Gasteiger partial charge in [0, 0.05) is 25.4 Å². The number of carbonyl (C=O) groups is 1. The van der Waals surface area contributed by atoms with Gasteiger partial charge in [-0.05, 0) is 43.7 Å². The Balaban J connectivity index is 2.12. The number of nitrogens with two attached hydrogens (primary N) is 1. The van der Waals surface area contributed by atoms with Crippen LogP contribution in [-0.2, 0) is 0 Å². The molecule has 1 fully saturated rings. The number of nitrogen functional groups attached to an aromatic ring is 1. The van der Waals surface area contributed by atoms with Crippen molar-refractivity contribution in [3.63, 3.8) is 0 Å². The fourth-order valence-electron chi connectivity index (χ4n) is 2.71. The highest BCUT2D eigenvalue weighted by atomic mass is 16.3. The Morgan fingerprint density at radius 2 is 2.32 bits per heavy atom. The number of benzene rings is 1. The Bertz CT molecular complexity index is 457. The first kappa shape index (κ1) is 13.9. The maximum atomic E-state index is 12.5. The Labute approximate surface area is 114 Å². The fourth-order valence-corrected chi connectivity index (χ4v) is 2.71. The topological polar surface area (TPSA) is 66.6 Å². The number of amides is 1. The number of aryl methyl sites for hydroxylation is 1. The molecule has 4 heteroatoms. The number of carbonyl (C=O) groups excluding carboxylic acids is 1. The molecule has 0 bridgehead atoms. The molecule has 1 aromatic carbocycles. The lowest BCUT2D eigenvalue weighted by Gasteiger charge is -2.33. The van der Waals surface area contributed by atoms with Crippen LogP contribution in [-0.4, -0.2) is 35.6 Å². The van der Waals surface area contributed by atoms with Gasteiger partial charge in [0.25, 0.3) is 5.91 Å². The van der Waals surface area contributed by atoms with E-state index in [-0.39, 0.29) is 12.5 Å². The van der Waals surface area contributed by atoms with Gasteiger partial charge in [-0.15, -0.1) is 0 Å². The molecule has 1 atom stereocenters. The van der Waals surface area contributed by atoms with E-state index in [4.69, 9.17) is 10.8 Å². The van der Waals surface area contributed by atoms with E-state index in [0.717, 1.165) is 37.9 Å². The molecular weight excluding hydrogens is 240 g/mol. The summed E-state index contributed by atoms with van der Waals surface area (Å²) in [6.45, 7) is 3.62. The molecule has 104 valence electrons. The third kappa shape index (κ3) is 3.07. The van der Waals surface area contributed by atoms with E-state index in [1.54, 1.807) is 6.07 Å². The number of piperidine rings is 1. The highest BCUT2D eigenvalue weighted by molar-refractivity contribution is 5.99. The summed E-state index contributed by atoms with van der Waals surface area (Å²) in [4.78, 5) is 14.4. The van der Waals surface area contributed by atoms with E-state index < -0.39 is 0 Å². The van der Waals surface area contributed by atoms with Crippen molar-refractivity contribution in [2.45, 2.75) is 26.2 Å². The number of nitrogens with zero attached hydrogens (tertiary/aromatic N) is 1. The smallest absolute Gasteiger partial charge is 0.255 e. The second kappa shape index (κ2) is 6.06. The standard InChI is InChI=1S/C15H22N2O2/c1-11-4-2-6-13(14(11)16)15(19)17-8-3-5-12(10-17)7-9-18/h2,4,6,12,18H,3,5,7-10,16H2,1H3. The second-order valence-corrected chi connectivity index (χ2v) is 5.31. The molecule has 0 radical (unpaired) electrons. The summed E-state index contributed by atoms with van der Waals surface area (Å²) in [6.07, 6.45) is 2.86. The zero-order valence-corrected chi connectivity index (χ0v) is 11.4. The number of likely N-dealkylation sites (tertiary alicyclic amines) is 1. The van der Waals surface area contributed by atoms with Crippen LogP contribution in [0.4, 0.5) is 5.69 Å². The maximum Gasteiger partial charge on any atom is 0.255 e. The van der Waals surface area contributed by atoms with E-state index in [1.807, 2.05) is 24.0 Å². The molecule has 2 rings (SSSR count). The Hall–Kier alpha value is -1.55. The van der Waals surface area contributed by atoms with Crippen molar-refractivity contribution in [3.05, 3.63) is 29.3 Å². The van der Waals surface area contributed by atoms with Gasteiger partial charge in [0.15, 0.2) is 0 Å². The average Bonchev–Trinajstić information content (AvgIpc) is 2.42. The van der Waals surface area contributed by atoms with E-state index >= 15 is 0 Å².